The van der Waals surface area contributed by atoms with Crippen molar-refractivity contribution in [3.8, 4) is 16.3 Å². The van der Waals surface area contributed by atoms with Gasteiger partial charge < -0.3 is 9.47 Å². The summed E-state index contributed by atoms with van der Waals surface area (Å²) in [6.45, 7) is 8.39. The number of nitrogens with zero attached hydrogens (tertiary/aromatic N) is 3. The second-order valence-electron chi connectivity index (χ2n) is 6.34. The van der Waals surface area contributed by atoms with E-state index in [4.69, 9.17) is 9.47 Å². The van der Waals surface area contributed by atoms with Crippen LogP contribution >= 0.6 is 11.3 Å². The van der Waals surface area contributed by atoms with E-state index in [1.54, 1.807) is 0 Å². The van der Waals surface area contributed by atoms with Crippen LogP contribution in [0.5, 0.6) is 5.75 Å². The molecule has 2 heterocycles. The van der Waals surface area contributed by atoms with Crippen LogP contribution in [0.2, 0.25) is 0 Å². The number of nitrogens with one attached hydrogen (secondary N) is 1. The molecule has 1 aliphatic rings. The Labute approximate surface area is 157 Å². The zero-order chi connectivity index (χ0) is 18.5. The molecule has 1 fully saturated rings. The summed E-state index contributed by atoms with van der Waals surface area (Å²) in [5, 5.41) is 12.3. The first kappa shape index (κ1) is 18.8. The standard InChI is InChI=1S/C18H24N4O3S/c1-4-24-15-8-6-5-7-14(15)17-20-21-18(26-17)19-16(23)11-22-9-12(2)25-13(3)10-22/h5-8,12-13H,4,9-11H2,1-3H3,(H,19,21,23)/t12-,13-/m1/s1. The number of rotatable bonds is 6. The highest BCUT2D eigenvalue weighted by Crippen LogP contribution is 2.33. The van der Waals surface area contributed by atoms with Crippen LogP contribution in [0, 0.1) is 0 Å². The summed E-state index contributed by atoms with van der Waals surface area (Å²) in [4.78, 5) is 14.4. The van der Waals surface area contributed by atoms with Gasteiger partial charge in [-0.2, -0.15) is 0 Å². The maximum absolute atomic E-state index is 12.3. The molecule has 2 atom stereocenters. The minimum absolute atomic E-state index is 0.0907. The van der Waals surface area contributed by atoms with Crippen molar-refractivity contribution in [2.24, 2.45) is 0 Å². The third-order valence-electron chi connectivity index (χ3n) is 3.95. The molecule has 1 aromatic heterocycles. The van der Waals surface area contributed by atoms with E-state index in [1.807, 2.05) is 45.0 Å². The number of hydrogen-bond donors (Lipinski definition) is 1. The van der Waals surface area contributed by atoms with E-state index in [0.29, 0.717) is 18.3 Å². The first-order valence-corrected chi connectivity index (χ1v) is 9.60. The maximum atomic E-state index is 12.3. The molecular weight excluding hydrogens is 352 g/mol. The number of benzene rings is 1. The van der Waals surface area contributed by atoms with Crippen molar-refractivity contribution < 1.29 is 14.3 Å². The van der Waals surface area contributed by atoms with Crippen LogP contribution in [0.25, 0.3) is 10.6 Å². The summed E-state index contributed by atoms with van der Waals surface area (Å²) < 4.78 is 11.3. The van der Waals surface area contributed by atoms with Crippen molar-refractivity contribution >= 4 is 22.4 Å². The summed E-state index contributed by atoms with van der Waals surface area (Å²) in [6.07, 6.45) is 0.268. The molecule has 0 saturated carbocycles. The van der Waals surface area contributed by atoms with Crippen LogP contribution in [0.3, 0.4) is 0 Å². The molecule has 2 aromatic rings. The molecule has 1 N–H and O–H groups in total. The van der Waals surface area contributed by atoms with E-state index in [1.165, 1.54) is 11.3 Å². The molecule has 1 aliphatic heterocycles. The molecule has 0 spiro atoms. The van der Waals surface area contributed by atoms with Crippen molar-refractivity contribution in [2.45, 2.75) is 33.0 Å². The Balaban J connectivity index is 1.62. The summed E-state index contributed by atoms with van der Waals surface area (Å²) >= 11 is 1.34. The Bertz CT molecular complexity index is 742. The molecule has 1 amide bonds. The second kappa shape index (κ2) is 8.57. The lowest BCUT2D eigenvalue weighted by Gasteiger charge is -2.34. The fraction of sp³-hybridized carbons (Fsp3) is 0.500. The van der Waals surface area contributed by atoms with Gasteiger partial charge in [0, 0.05) is 13.1 Å². The fourth-order valence-corrected chi connectivity index (χ4v) is 3.87. The molecule has 7 nitrogen and oxygen atoms in total. The molecule has 0 radical (unpaired) electrons. The van der Waals surface area contributed by atoms with Gasteiger partial charge in [-0.1, -0.05) is 23.5 Å². The topological polar surface area (TPSA) is 76.6 Å². The Morgan fingerprint density at radius 1 is 1.31 bits per heavy atom. The van der Waals surface area contributed by atoms with Gasteiger partial charge in [-0.05, 0) is 32.9 Å². The molecule has 8 heteroatoms. The molecule has 0 unspecified atom stereocenters. The van der Waals surface area contributed by atoms with Gasteiger partial charge in [0.2, 0.25) is 11.0 Å². The van der Waals surface area contributed by atoms with E-state index < -0.39 is 0 Å². The lowest BCUT2D eigenvalue weighted by atomic mass is 10.2. The van der Waals surface area contributed by atoms with E-state index in [0.717, 1.165) is 29.4 Å². The van der Waals surface area contributed by atoms with Gasteiger partial charge in [0.25, 0.3) is 0 Å². The van der Waals surface area contributed by atoms with Gasteiger partial charge >= 0.3 is 0 Å². The quantitative estimate of drug-likeness (QED) is 0.835. The molecule has 0 bridgehead atoms. The van der Waals surface area contributed by atoms with Crippen LogP contribution in [0.15, 0.2) is 24.3 Å². The molecule has 140 valence electrons. The minimum Gasteiger partial charge on any atom is -0.493 e. The zero-order valence-electron chi connectivity index (χ0n) is 15.3. The number of morpholine rings is 1. The number of carbonyl (C=O) groups excluding carboxylic acids is 1. The predicted molar refractivity (Wildman–Crippen MR) is 102 cm³/mol. The molecule has 1 saturated heterocycles. The van der Waals surface area contributed by atoms with Crippen LogP contribution in [-0.4, -0.2) is 59.5 Å². The molecular formula is C18H24N4O3S. The lowest BCUT2D eigenvalue weighted by molar-refractivity contribution is -0.121. The summed E-state index contributed by atoms with van der Waals surface area (Å²) in [5.74, 6) is 0.674. The average Bonchev–Trinajstić information content (AvgIpc) is 3.02. The first-order valence-electron chi connectivity index (χ1n) is 8.78. The molecule has 3 rings (SSSR count). The highest BCUT2D eigenvalue weighted by Gasteiger charge is 2.24. The van der Waals surface area contributed by atoms with Gasteiger partial charge in [-0.25, -0.2) is 0 Å². The molecule has 26 heavy (non-hydrogen) atoms. The van der Waals surface area contributed by atoms with Gasteiger partial charge in [-0.3, -0.25) is 15.0 Å². The summed E-state index contributed by atoms with van der Waals surface area (Å²) in [5.41, 5.74) is 0.878. The third-order valence-corrected chi connectivity index (χ3v) is 4.82. The van der Waals surface area contributed by atoms with Crippen molar-refractivity contribution in [3.05, 3.63) is 24.3 Å². The Kier molecular flexibility index (Phi) is 6.18. The monoisotopic (exact) mass is 376 g/mol. The van der Waals surface area contributed by atoms with Crippen LogP contribution in [0.1, 0.15) is 20.8 Å². The lowest BCUT2D eigenvalue weighted by Crippen LogP contribution is -2.48. The van der Waals surface area contributed by atoms with Gasteiger partial charge in [0.15, 0.2) is 5.01 Å². The largest absolute Gasteiger partial charge is 0.493 e. The number of amides is 1. The number of ether oxygens (including phenoxy) is 2. The summed E-state index contributed by atoms with van der Waals surface area (Å²) in [7, 11) is 0. The van der Waals surface area contributed by atoms with Gasteiger partial charge in [-0.15, -0.1) is 10.2 Å². The van der Waals surface area contributed by atoms with Crippen molar-refractivity contribution in [1.29, 1.82) is 0 Å². The van der Waals surface area contributed by atoms with E-state index in [-0.39, 0.29) is 18.1 Å². The van der Waals surface area contributed by atoms with Gasteiger partial charge in [0.1, 0.15) is 5.75 Å². The first-order chi connectivity index (χ1) is 12.5. The molecule has 0 aliphatic carbocycles. The highest BCUT2D eigenvalue weighted by molar-refractivity contribution is 7.18. The maximum Gasteiger partial charge on any atom is 0.240 e. The second-order valence-corrected chi connectivity index (χ2v) is 7.32. The number of para-hydroxylation sites is 1. The number of hydrogen-bond acceptors (Lipinski definition) is 7. The smallest absolute Gasteiger partial charge is 0.240 e. The van der Waals surface area contributed by atoms with Crippen molar-refractivity contribution in [1.82, 2.24) is 15.1 Å². The van der Waals surface area contributed by atoms with E-state index >= 15 is 0 Å². The van der Waals surface area contributed by atoms with Crippen molar-refractivity contribution in [3.63, 3.8) is 0 Å². The number of anilines is 1. The van der Waals surface area contributed by atoms with Crippen LogP contribution in [0.4, 0.5) is 5.13 Å². The number of aromatic nitrogens is 2. The third kappa shape index (κ3) is 4.78. The highest BCUT2D eigenvalue weighted by atomic mass is 32.1. The van der Waals surface area contributed by atoms with Gasteiger partial charge in [0.05, 0.1) is 30.9 Å². The predicted octanol–water partition coefficient (Wildman–Crippen LogP) is 2.65. The van der Waals surface area contributed by atoms with Crippen molar-refractivity contribution in [2.75, 3.05) is 31.6 Å². The normalized spacial score (nSPS) is 20.7. The van der Waals surface area contributed by atoms with Crippen LogP contribution < -0.4 is 10.1 Å². The van der Waals surface area contributed by atoms with E-state index in [2.05, 4.69) is 20.4 Å². The molecule has 1 aromatic carbocycles. The van der Waals surface area contributed by atoms with Crippen LogP contribution in [-0.2, 0) is 9.53 Å². The average molecular weight is 376 g/mol. The fourth-order valence-electron chi connectivity index (χ4n) is 3.08. The Morgan fingerprint density at radius 2 is 2.04 bits per heavy atom. The SMILES string of the molecule is CCOc1ccccc1-c1nnc(NC(=O)CN2C[C@@H](C)O[C@H](C)C2)s1. The zero-order valence-corrected chi connectivity index (χ0v) is 16.1. The minimum atomic E-state index is -0.0907. The summed E-state index contributed by atoms with van der Waals surface area (Å²) in [6, 6.07) is 7.69. The Morgan fingerprint density at radius 3 is 2.77 bits per heavy atom. The van der Waals surface area contributed by atoms with E-state index in [9.17, 15) is 4.79 Å². The number of carbonyl (C=O) groups is 1. The Hall–Kier alpha value is -2.03.